The van der Waals surface area contributed by atoms with E-state index in [4.69, 9.17) is 36.8 Å². The van der Waals surface area contributed by atoms with E-state index < -0.39 is 18.1 Å². The van der Waals surface area contributed by atoms with Crippen LogP contribution in [0.1, 0.15) is 161 Å². The van der Waals surface area contributed by atoms with Crippen LogP contribution in [0.3, 0.4) is 0 Å². The summed E-state index contributed by atoms with van der Waals surface area (Å²) in [7, 11) is -7.00. The summed E-state index contributed by atoms with van der Waals surface area (Å²) in [6.45, 7) is 28.3. The second-order valence-corrected chi connectivity index (χ2v) is 14.7. The number of hydrogen-bond acceptors (Lipinski definition) is 10. The quantitative estimate of drug-likeness (QED) is 0.0833. The Morgan fingerprint density at radius 1 is 0.400 bits per heavy atom. The van der Waals surface area contributed by atoms with Gasteiger partial charge in [0.2, 0.25) is 0 Å². The second kappa shape index (κ2) is 36.2. The molecular weight excluding hydrogens is 692 g/mol. The molecule has 0 spiro atoms. The van der Waals surface area contributed by atoms with Gasteiger partial charge in [-0.1, -0.05) is 68.2 Å². The van der Waals surface area contributed by atoms with Gasteiger partial charge in [0, 0.05) is 76.0 Å². The largest absolute Gasteiger partial charge is 0.677 e. The van der Waals surface area contributed by atoms with Gasteiger partial charge in [-0.05, 0) is 92.9 Å². The van der Waals surface area contributed by atoms with Crippen molar-refractivity contribution in [2.75, 3.05) is 13.2 Å². The van der Waals surface area contributed by atoms with Crippen molar-refractivity contribution in [3.05, 3.63) is 0 Å². The molecule has 0 aliphatic rings. The van der Waals surface area contributed by atoms with Crippen molar-refractivity contribution >= 4 is 18.1 Å². The Labute approximate surface area is 300 Å². The van der Waals surface area contributed by atoms with Crippen LogP contribution in [0.25, 0.3) is 0 Å². The normalized spacial score (nSPS) is 17.5. The van der Waals surface area contributed by atoms with E-state index in [1.165, 1.54) is 0 Å². The van der Waals surface area contributed by atoms with Crippen LogP contribution in [0.4, 0.5) is 0 Å². The molecule has 0 rings (SSSR count). The fraction of sp³-hybridized carbons (Fsp3) is 1.00. The number of unbranched alkanes of at least 4 members (excludes halogenated alkanes) is 2. The summed E-state index contributed by atoms with van der Waals surface area (Å²) in [4.78, 5) is 20.8. The maximum atomic E-state index is 10.4. The molecular formula is C32H76O10Si2Zr. The van der Waals surface area contributed by atoms with Crippen molar-refractivity contribution in [3.63, 3.8) is 0 Å². The average molecular weight is 768 g/mol. The van der Waals surface area contributed by atoms with E-state index in [9.17, 15) is 9.59 Å². The minimum absolute atomic E-state index is 0. The van der Waals surface area contributed by atoms with Crippen LogP contribution in [0.2, 0.25) is 0 Å². The van der Waals surface area contributed by atoms with E-state index in [1.807, 2.05) is 83.1 Å². The van der Waals surface area contributed by atoms with Crippen LogP contribution >= 0.6 is 0 Å². The molecule has 4 N–H and O–H groups in total. The first-order chi connectivity index (χ1) is 20.6. The molecule has 0 fully saturated rings. The summed E-state index contributed by atoms with van der Waals surface area (Å²) in [6.07, 6.45) is 8.68. The molecule has 10 nitrogen and oxygen atoms in total. The third-order valence-electron chi connectivity index (χ3n) is 6.57. The van der Waals surface area contributed by atoms with Crippen LogP contribution in [-0.4, -0.2) is 87.7 Å². The summed E-state index contributed by atoms with van der Waals surface area (Å²) >= 11 is 0. The van der Waals surface area contributed by atoms with Crippen molar-refractivity contribution < 1.29 is 72.6 Å². The van der Waals surface area contributed by atoms with Crippen LogP contribution in [0.5, 0.6) is 0 Å². The first-order valence-corrected chi connectivity index (χ1v) is 20.6. The Hall–Kier alpha value is 0.917. The van der Waals surface area contributed by atoms with Crippen LogP contribution < -0.4 is 0 Å². The molecule has 0 saturated carbocycles. The van der Waals surface area contributed by atoms with Gasteiger partial charge in [0.05, 0.1) is 0 Å². The predicted octanol–water partition coefficient (Wildman–Crippen LogP) is 7.27. The van der Waals surface area contributed by atoms with Gasteiger partial charge < -0.3 is 46.4 Å². The minimum atomic E-state index is -3.50. The third-order valence-corrected chi connectivity index (χ3v) is 10.8. The van der Waals surface area contributed by atoms with Crippen molar-refractivity contribution in [1.82, 2.24) is 0 Å². The molecule has 6 atom stereocenters. The second-order valence-electron chi connectivity index (χ2n) is 11.2. The van der Waals surface area contributed by atoms with E-state index in [0.29, 0.717) is 13.2 Å². The Balaban J connectivity index is -0.000000179. The van der Waals surface area contributed by atoms with E-state index in [0.717, 1.165) is 64.2 Å². The standard InChI is InChI=1S/2C12H28O4Si.2C4H10O.Zr/c2*1-7-10(4)14-17(13,15-11(5)8-2)16-12(6)9-3;2*1-2-3-4-5;/h2*10-13H,7-9H2,1-6H3;2*5H,2-4H2,1H3;. The topological polar surface area (TPSA) is 136 Å². The molecule has 0 aliphatic heterocycles. The van der Waals surface area contributed by atoms with E-state index in [2.05, 4.69) is 13.8 Å². The Kier molecular flexibility index (Phi) is 44.5. The SMILES string of the molecule is CCC(C)O[Si](O)(OC(C)CC)OC(C)CC.CCC(C)O[Si](O)(OC(C)CC)OC(C)CC.CCCCO.CCCCO.[Zr]. The zero-order valence-corrected chi connectivity index (χ0v) is 36.1. The Bertz CT molecular complexity index is 470. The molecule has 0 amide bonds. The van der Waals surface area contributed by atoms with Gasteiger partial charge in [-0.3, -0.25) is 0 Å². The summed E-state index contributed by atoms with van der Waals surface area (Å²) in [6, 6.07) is 0. The van der Waals surface area contributed by atoms with Gasteiger partial charge >= 0.3 is 18.1 Å². The summed E-state index contributed by atoms with van der Waals surface area (Å²) < 4.78 is 33.5. The fourth-order valence-electron chi connectivity index (χ4n) is 2.51. The summed E-state index contributed by atoms with van der Waals surface area (Å²) in [5.41, 5.74) is 0. The minimum Gasteiger partial charge on any atom is -0.396 e. The first kappa shape index (κ1) is 55.3. The van der Waals surface area contributed by atoms with Crippen molar-refractivity contribution in [1.29, 1.82) is 0 Å². The van der Waals surface area contributed by atoms with Crippen LogP contribution in [0, 0.1) is 0 Å². The number of hydrogen-bond donors (Lipinski definition) is 4. The molecule has 0 bridgehead atoms. The van der Waals surface area contributed by atoms with Crippen molar-refractivity contribution in [3.8, 4) is 0 Å². The monoisotopic (exact) mass is 766 g/mol. The molecule has 0 aromatic carbocycles. The zero-order valence-electron chi connectivity index (χ0n) is 31.7. The molecule has 13 heteroatoms. The number of aliphatic hydroxyl groups excluding tert-OH is 2. The molecule has 0 aromatic heterocycles. The molecule has 0 heterocycles. The van der Waals surface area contributed by atoms with Gasteiger partial charge in [0.1, 0.15) is 0 Å². The molecule has 0 radical (unpaired) electrons. The summed E-state index contributed by atoms with van der Waals surface area (Å²) in [5, 5.41) is 16.1. The molecule has 276 valence electrons. The average Bonchev–Trinajstić information content (AvgIpc) is 2.97. The van der Waals surface area contributed by atoms with E-state index in [-0.39, 0.29) is 62.8 Å². The van der Waals surface area contributed by atoms with Crippen molar-refractivity contribution in [2.45, 2.75) is 198 Å². The molecule has 0 aromatic rings. The molecule has 0 aliphatic carbocycles. The maximum absolute atomic E-state index is 10.4. The number of aliphatic hydroxyl groups is 2. The Morgan fingerprint density at radius 3 is 0.622 bits per heavy atom. The van der Waals surface area contributed by atoms with Gasteiger partial charge in [-0.15, -0.1) is 0 Å². The van der Waals surface area contributed by atoms with E-state index >= 15 is 0 Å². The summed E-state index contributed by atoms with van der Waals surface area (Å²) in [5.74, 6) is 0. The van der Waals surface area contributed by atoms with Gasteiger partial charge in [-0.25, -0.2) is 0 Å². The molecule has 6 unspecified atom stereocenters. The fourth-order valence-corrected chi connectivity index (χ4v) is 6.89. The van der Waals surface area contributed by atoms with Gasteiger partial charge in [-0.2, -0.15) is 0 Å². The first-order valence-electron chi connectivity index (χ1n) is 17.3. The van der Waals surface area contributed by atoms with Crippen molar-refractivity contribution in [2.24, 2.45) is 0 Å². The predicted molar refractivity (Wildman–Crippen MR) is 185 cm³/mol. The van der Waals surface area contributed by atoms with Gasteiger partial charge in [0.25, 0.3) is 0 Å². The zero-order chi connectivity index (χ0) is 35.2. The van der Waals surface area contributed by atoms with Gasteiger partial charge in [0.15, 0.2) is 0 Å². The van der Waals surface area contributed by atoms with Crippen LogP contribution in [-0.2, 0) is 52.8 Å². The third kappa shape index (κ3) is 37.6. The molecule has 45 heavy (non-hydrogen) atoms. The number of rotatable bonds is 22. The van der Waals surface area contributed by atoms with Crippen LogP contribution in [0.15, 0.2) is 0 Å². The van der Waals surface area contributed by atoms with E-state index in [1.54, 1.807) is 0 Å². The molecule has 0 saturated heterocycles. The Morgan fingerprint density at radius 2 is 0.556 bits per heavy atom. The maximum Gasteiger partial charge on any atom is 0.677 e. The smallest absolute Gasteiger partial charge is 0.396 e.